The predicted molar refractivity (Wildman–Crippen MR) is 54.6 cm³/mol. The standard InChI is InChI=1S/C11H19NO/c1-9(2)11(13)4-3-10-5-7-12-8-6-10/h10,12H,1,3-8H2,2H3. The van der Waals surface area contributed by atoms with E-state index in [0.29, 0.717) is 12.0 Å². The maximum Gasteiger partial charge on any atom is 0.157 e. The molecular weight excluding hydrogens is 162 g/mol. The molecule has 2 heteroatoms. The van der Waals surface area contributed by atoms with Crippen LogP contribution in [-0.2, 0) is 4.79 Å². The van der Waals surface area contributed by atoms with Gasteiger partial charge in [0.2, 0.25) is 0 Å². The molecule has 0 spiro atoms. The van der Waals surface area contributed by atoms with Crippen LogP contribution in [0, 0.1) is 5.92 Å². The van der Waals surface area contributed by atoms with E-state index in [0.717, 1.165) is 25.4 Å². The van der Waals surface area contributed by atoms with Gasteiger partial charge in [-0.2, -0.15) is 0 Å². The summed E-state index contributed by atoms with van der Waals surface area (Å²) < 4.78 is 0. The van der Waals surface area contributed by atoms with E-state index >= 15 is 0 Å². The van der Waals surface area contributed by atoms with Crippen LogP contribution in [0.5, 0.6) is 0 Å². The average Bonchev–Trinajstić information content (AvgIpc) is 2.15. The van der Waals surface area contributed by atoms with E-state index in [2.05, 4.69) is 11.9 Å². The van der Waals surface area contributed by atoms with Gasteiger partial charge < -0.3 is 5.32 Å². The van der Waals surface area contributed by atoms with Gasteiger partial charge in [0.25, 0.3) is 0 Å². The molecule has 13 heavy (non-hydrogen) atoms. The predicted octanol–water partition coefficient (Wildman–Crippen LogP) is 1.91. The van der Waals surface area contributed by atoms with Crippen molar-refractivity contribution in [2.75, 3.05) is 13.1 Å². The number of allylic oxidation sites excluding steroid dienone is 1. The molecule has 0 atom stereocenters. The van der Waals surface area contributed by atoms with Crippen LogP contribution in [0.3, 0.4) is 0 Å². The Morgan fingerprint density at radius 1 is 1.46 bits per heavy atom. The fraction of sp³-hybridized carbons (Fsp3) is 0.727. The minimum Gasteiger partial charge on any atom is -0.317 e. The molecule has 74 valence electrons. The number of rotatable bonds is 4. The Hall–Kier alpha value is -0.630. The molecule has 1 fully saturated rings. The monoisotopic (exact) mass is 181 g/mol. The molecule has 1 rings (SSSR count). The molecule has 0 saturated carbocycles. The molecule has 0 aromatic heterocycles. The molecule has 1 aliphatic rings. The third kappa shape index (κ3) is 3.73. The van der Waals surface area contributed by atoms with E-state index in [1.807, 2.05) is 0 Å². The smallest absolute Gasteiger partial charge is 0.157 e. The van der Waals surface area contributed by atoms with Crippen LogP contribution in [0.15, 0.2) is 12.2 Å². The number of piperidine rings is 1. The van der Waals surface area contributed by atoms with Gasteiger partial charge in [0.15, 0.2) is 5.78 Å². The first-order chi connectivity index (χ1) is 6.20. The van der Waals surface area contributed by atoms with Crippen LogP contribution in [0.2, 0.25) is 0 Å². The molecule has 0 amide bonds. The summed E-state index contributed by atoms with van der Waals surface area (Å²) in [6.07, 6.45) is 4.19. The summed E-state index contributed by atoms with van der Waals surface area (Å²) in [4.78, 5) is 11.3. The minimum atomic E-state index is 0.235. The zero-order chi connectivity index (χ0) is 9.68. The minimum absolute atomic E-state index is 0.235. The zero-order valence-electron chi connectivity index (χ0n) is 8.44. The van der Waals surface area contributed by atoms with Crippen molar-refractivity contribution in [1.82, 2.24) is 5.32 Å². The molecule has 1 saturated heterocycles. The molecular formula is C11H19NO. The quantitative estimate of drug-likeness (QED) is 0.671. The molecule has 0 bridgehead atoms. The van der Waals surface area contributed by atoms with Gasteiger partial charge in [0.05, 0.1) is 0 Å². The molecule has 0 aliphatic carbocycles. The number of carbonyl (C=O) groups excluding carboxylic acids is 1. The summed E-state index contributed by atoms with van der Waals surface area (Å²) in [5, 5.41) is 3.32. The van der Waals surface area contributed by atoms with Gasteiger partial charge in [0.1, 0.15) is 0 Å². The lowest BCUT2D eigenvalue weighted by Crippen LogP contribution is -2.28. The fourth-order valence-corrected chi connectivity index (χ4v) is 1.72. The van der Waals surface area contributed by atoms with Gasteiger partial charge in [0, 0.05) is 6.42 Å². The van der Waals surface area contributed by atoms with E-state index < -0.39 is 0 Å². The normalized spacial score (nSPS) is 18.5. The highest BCUT2D eigenvalue weighted by molar-refractivity contribution is 5.93. The van der Waals surface area contributed by atoms with E-state index in [1.54, 1.807) is 6.92 Å². The summed E-state index contributed by atoms with van der Waals surface area (Å²) >= 11 is 0. The number of carbonyl (C=O) groups is 1. The van der Waals surface area contributed by atoms with Crippen LogP contribution in [0.4, 0.5) is 0 Å². The van der Waals surface area contributed by atoms with Gasteiger partial charge in [-0.15, -0.1) is 0 Å². The van der Waals surface area contributed by atoms with Crippen molar-refractivity contribution in [3.63, 3.8) is 0 Å². The highest BCUT2D eigenvalue weighted by atomic mass is 16.1. The second-order valence-corrected chi connectivity index (χ2v) is 3.94. The molecule has 0 unspecified atom stereocenters. The fourth-order valence-electron chi connectivity index (χ4n) is 1.72. The van der Waals surface area contributed by atoms with Crippen LogP contribution in [0.25, 0.3) is 0 Å². The Morgan fingerprint density at radius 3 is 2.62 bits per heavy atom. The lowest BCUT2D eigenvalue weighted by atomic mass is 9.91. The maximum atomic E-state index is 11.3. The molecule has 1 heterocycles. The van der Waals surface area contributed by atoms with Gasteiger partial charge in [-0.1, -0.05) is 6.58 Å². The zero-order valence-corrected chi connectivity index (χ0v) is 8.44. The van der Waals surface area contributed by atoms with Gasteiger partial charge in [-0.25, -0.2) is 0 Å². The van der Waals surface area contributed by atoms with Gasteiger partial charge in [-0.3, -0.25) is 4.79 Å². The Bertz CT molecular complexity index is 192. The Balaban J connectivity index is 2.17. The highest BCUT2D eigenvalue weighted by Gasteiger charge is 2.14. The Kier molecular flexibility index (Phi) is 4.16. The number of ketones is 1. The molecule has 1 aliphatic heterocycles. The van der Waals surface area contributed by atoms with Crippen LogP contribution in [0.1, 0.15) is 32.6 Å². The van der Waals surface area contributed by atoms with Crippen molar-refractivity contribution in [3.8, 4) is 0 Å². The summed E-state index contributed by atoms with van der Waals surface area (Å²) in [6.45, 7) is 7.69. The van der Waals surface area contributed by atoms with Gasteiger partial charge in [-0.05, 0) is 50.8 Å². The average molecular weight is 181 g/mol. The molecule has 0 radical (unpaired) electrons. The van der Waals surface area contributed by atoms with Crippen LogP contribution < -0.4 is 5.32 Å². The Labute approximate surface area is 80.4 Å². The van der Waals surface area contributed by atoms with Crippen LogP contribution in [-0.4, -0.2) is 18.9 Å². The third-order valence-electron chi connectivity index (χ3n) is 2.71. The lowest BCUT2D eigenvalue weighted by Gasteiger charge is -2.21. The van der Waals surface area contributed by atoms with E-state index in [9.17, 15) is 4.79 Å². The first-order valence-electron chi connectivity index (χ1n) is 5.09. The second kappa shape index (κ2) is 5.18. The molecule has 0 aromatic carbocycles. The van der Waals surface area contributed by atoms with Crippen molar-refractivity contribution in [1.29, 1.82) is 0 Å². The van der Waals surface area contributed by atoms with Crippen molar-refractivity contribution >= 4 is 5.78 Å². The van der Waals surface area contributed by atoms with E-state index in [-0.39, 0.29) is 5.78 Å². The molecule has 2 nitrogen and oxygen atoms in total. The largest absolute Gasteiger partial charge is 0.317 e. The number of Topliss-reactive ketones (excluding diaryl/α,β-unsaturated/α-hetero) is 1. The van der Waals surface area contributed by atoms with Gasteiger partial charge >= 0.3 is 0 Å². The SMILES string of the molecule is C=C(C)C(=O)CCC1CCNCC1. The number of hydrogen-bond donors (Lipinski definition) is 1. The summed E-state index contributed by atoms with van der Waals surface area (Å²) in [5.41, 5.74) is 0.703. The highest BCUT2D eigenvalue weighted by Crippen LogP contribution is 2.18. The first kappa shape index (κ1) is 10.5. The molecule has 0 aromatic rings. The van der Waals surface area contributed by atoms with Crippen molar-refractivity contribution in [2.45, 2.75) is 32.6 Å². The third-order valence-corrected chi connectivity index (χ3v) is 2.71. The Morgan fingerprint density at radius 2 is 2.08 bits per heavy atom. The van der Waals surface area contributed by atoms with E-state index in [4.69, 9.17) is 0 Å². The maximum absolute atomic E-state index is 11.3. The summed E-state index contributed by atoms with van der Waals surface area (Å²) in [5.74, 6) is 0.989. The lowest BCUT2D eigenvalue weighted by molar-refractivity contribution is -0.115. The number of hydrogen-bond acceptors (Lipinski definition) is 2. The summed E-state index contributed by atoms with van der Waals surface area (Å²) in [7, 11) is 0. The van der Waals surface area contributed by atoms with Crippen LogP contribution >= 0.6 is 0 Å². The number of nitrogens with one attached hydrogen (secondary N) is 1. The molecule has 1 N–H and O–H groups in total. The van der Waals surface area contributed by atoms with Crippen molar-refractivity contribution < 1.29 is 4.79 Å². The summed E-state index contributed by atoms with van der Waals surface area (Å²) in [6, 6.07) is 0. The first-order valence-corrected chi connectivity index (χ1v) is 5.09. The van der Waals surface area contributed by atoms with Crippen molar-refractivity contribution in [2.24, 2.45) is 5.92 Å². The topological polar surface area (TPSA) is 29.1 Å². The van der Waals surface area contributed by atoms with E-state index in [1.165, 1.54) is 12.8 Å². The van der Waals surface area contributed by atoms with Crippen molar-refractivity contribution in [3.05, 3.63) is 12.2 Å². The second-order valence-electron chi connectivity index (χ2n) is 3.94.